The van der Waals surface area contributed by atoms with Gasteiger partial charge >= 0.3 is 5.97 Å². The molecule has 5 heteroatoms. The van der Waals surface area contributed by atoms with E-state index in [1.54, 1.807) is 0 Å². The molecule has 1 amide bonds. The molecular formula is C13H18N2O3. The zero-order valence-corrected chi connectivity index (χ0v) is 10.5. The summed E-state index contributed by atoms with van der Waals surface area (Å²) in [6.07, 6.45) is 0. The van der Waals surface area contributed by atoms with E-state index in [-0.39, 0.29) is 5.41 Å². The van der Waals surface area contributed by atoms with Crippen molar-refractivity contribution >= 4 is 11.9 Å². The third-order valence-electron chi connectivity index (χ3n) is 2.81. The second kappa shape index (κ2) is 5.64. The third kappa shape index (κ3) is 3.56. The van der Waals surface area contributed by atoms with Gasteiger partial charge in [-0.15, -0.1) is 0 Å². The van der Waals surface area contributed by atoms with Gasteiger partial charge in [-0.1, -0.05) is 44.2 Å². The van der Waals surface area contributed by atoms with E-state index in [2.05, 4.69) is 5.32 Å². The van der Waals surface area contributed by atoms with Gasteiger partial charge in [-0.2, -0.15) is 0 Å². The summed E-state index contributed by atoms with van der Waals surface area (Å²) in [6.45, 7) is 4.26. The second-order valence-corrected chi connectivity index (χ2v) is 4.78. The van der Waals surface area contributed by atoms with Crippen LogP contribution in [0.3, 0.4) is 0 Å². The Labute approximate surface area is 106 Å². The van der Waals surface area contributed by atoms with Crippen molar-refractivity contribution in [3.8, 4) is 0 Å². The summed E-state index contributed by atoms with van der Waals surface area (Å²) in [5.41, 5.74) is 6.00. The van der Waals surface area contributed by atoms with Crippen molar-refractivity contribution in [3.05, 3.63) is 35.9 Å². The Hall–Kier alpha value is -1.88. The first-order chi connectivity index (χ1) is 8.34. The predicted molar refractivity (Wildman–Crippen MR) is 68.1 cm³/mol. The Morgan fingerprint density at radius 3 is 2.39 bits per heavy atom. The van der Waals surface area contributed by atoms with Crippen LogP contribution in [0.5, 0.6) is 0 Å². The summed E-state index contributed by atoms with van der Waals surface area (Å²) in [4.78, 5) is 22.0. The summed E-state index contributed by atoms with van der Waals surface area (Å²) in [7, 11) is 0. The molecule has 0 bridgehead atoms. The maximum absolute atomic E-state index is 11.4. The molecule has 1 unspecified atom stereocenters. The highest BCUT2D eigenvalue weighted by Gasteiger charge is 2.25. The van der Waals surface area contributed by atoms with Crippen molar-refractivity contribution in [1.29, 1.82) is 0 Å². The van der Waals surface area contributed by atoms with Crippen LogP contribution in [0, 0.1) is 0 Å². The lowest BCUT2D eigenvalue weighted by Gasteiger charge is -2.26. The molecule has 0 aliphatic heterocycles. The van der Waals surface area contributed by atoms with Gasteiger partial charge in [-0.25, -0.2) is 4.79 Å². The van der Waals surface area contributed by atoms with Gasteiger partial charge in [0.2, 0.25) is 5.91 Å². The molecule has 1 aromatic rings. The zero-order chi connectivity index (χ0) is 13.8. The van der Waals surface area contributed by atoms with Gasteiger partial charge < -0.3 is 16.2 Å². The number of carbonyl (C=O) groups excluding carboxylic acids is 1. The van der Waals surface area contributed by atoms with E-state index in [9.17, 15) is 9.59 Å². The summed E-state index contributed by atoms with van der Waals surface area (Å²) >= 11 is 0. The molecule has 0 aliphatic carbocycles. The van der Waals surface area contributed by atoms with Gasteiger partial charge in [0.15, 0.2) is 6.04 Å². The fraction of sp³-hybridized carbons (Fsp3) is 0.385. The normalized spacial score (nSPS) is 12.8. The first-order valence-electron chi connectivity index (χ1n) is 5.66. The van der Waals surface area contributed by atoms with Crippen molar-refractivity contribution in [1.82, 2.24) is 5.32 Å². The Morgan fingerprint density at radius 2 is 1.89 bits per heavy atom. The number of rotatable bonds is 5. The van der Waals surface area contributed by atoms with E-state index >= 15 is 0 Å². The lowest BCUT2D eigenvalue weighted by Crippen LogP contribution is -2.48. The predicted octanol–water partition coefficient (Wildman–Crippen LogP) is 0.492. The van der Waals surface area contributed by atoms with E-state index in [0.717, 1.165) is 5.56 Å². The SMILES string of the molecule is CC(C)(CNC(=O)C(N)C(=O)O)c1ccccc1. The van der Waals surface area contributed by atoms with E-state index in [1.807, 2.05) is 44.2 Å². The molecule has 0 aliphatic rings. The minimum atomic E-state index is -1.52. The minimum Gasteiger partial charge on any atom is -0.480 e. The molecule has 0 radical (unpaired) electrons. The lowest BCUT2D eigenvalue weighted by molar-refractivity contribution is -0.142. The Morgan fingerprint density at radius 1 is 1.33 bits per heavy atom. The maximum Gasteiger partial charge on any atom is 0.330 e. The summed E-state index contributed by atoms with van der Waals surface area (Å²) < 4.78 is 0. The number of carbonyl (C=O) groups is 2. The average Bonchev–Trinajstić information content (AvgIpc) is 2.36. The monoisotopic (exact) mass is 250 g/mol. The molecule has 0 aromatic heterocycles. The molecule has 98 valence electrons. The van der Waals surface area contributed by atoms with Crippen molar-refractivity contribution in [2.75, 3.05) is 6.54 Å². The molecule has 1 rings (SSSR count). The molecule has 0 saturated carbocycles. The standard InChI is InChI=1S/C13H18N2O3/c1-13(2,9-6-4-3-5-7-9)8-15-11(16)10(14)12(17)18/h3-7,10H,8,14H2,1-2H3,(H,15,16)(H,17,18). The lowest BCUT2D eigenvalue weighted by atomic mass is 9.84. The van der Waals surface area contributed by atoms with Crippen molar-refractivity contribution in [3.63, 3.8) is 0 Å². The Kier molecular flexibility index (Phi) is 4.44. The second-order valence-electron chi connectivity index (χ2n) is 4.78. The number of nitrogens with one attached hydrogen (secondary N) is 1. The van der Waals surface area contributed by atoms with Crippen molar-refractivity contribution in [2.24, 2.45) is 5.73 Å². The van der Waals surface area contributed by atoms with Crippen LogP contribution < -0.4 is 11.1 Å². The van der Waals surface area contributed by atoms with E-state index in [4.69, 9.17) is 10.8 Å². The van der Waals surface area contributed by atoms with Gasteiger partial charge in [0.1, 0.15) is 0 Å². The van der Waals surface area contributed by atoms with Crippen molar-refractivity contribution in [2.45, 2.75) is 25.3 Å². The summed E-state index contributed by atoms with van der Waals surface area (Å²) in [5.74, 6) is -2.00. The quantitative estimate of drug-likeness (QED) is 0.663. The molecule has 0 heterocycles. The molecular weight excluding hydrogens is 232 g/mol. The first kappa shape index (κ1) is 14.2. The number of amides is 1. The largest absolute Gasteiger partial charge is 0.480 e. The molecule has 5 nitrogen and oxygen atoms in total. The first-order valence-corrected chi connectivity index (χ1v) is 5.66. The molecule has 1 aromatic carbocycles. The van der Waals surface area contributed by atoms with Gasteiger partial charge in [-0.3, -0.25) is 4.79 Å². The van der Waals surface area contributed by atoms with Crippen LogP contribution in [0.25, 0.3) is 0 Å². The molecule has 0 saturated heterocycles. The number of carboxylic acids is 1. The van der Waals surface area contributed by atoms with Gasteiger partial charge in [-0.05, 0) is 5.56 Å². The Bertz CT molecular complexity index is 429. The molecule has 18 heavy (non-hydrogen) atoms. The third-order valence-corrected chi connectivity index (χ3v) is 2.81. The van der Waals surface area contributed by atoms with Gasteiger partial charge in [0.25, 0.3) is 0 Å². The van der Waals surface area contributed by atoms with E-state index in [0.29, 0.717) is 6.54 Å². The van der Waals surface area contributed by atoms with Gasteiger partial charge in [0, 0.05) is 12.0 Å². The fourth-order valence-electron chi connectivity index (χ4n) is 1.52. The summed E-state index contributed by atoms with van der Waals surface area (Å²) in [6, 6.07) is 8.16. The van der Waals surface area contributed by atoms with Crippen LogP contribution in [0.2, 0.25) is 0 Å². The molecule has 0 spiro atoms. The van der Waals surface area contributed by atoms with Crippen LogP contribution in [0.4, 0.5) is 0 Å². The smallest absolute Gasteiger partial charge is 0.330 e. The molecule has 1 atom stereocenters. The number of hydrogen-bond donors (Lipinski definition) is 3. The van der Waals surface area contributed by atoms with E-state index in [1.165, 1.54) is 0 Å². The summed E-state index contributed by atoms with van der Waals surface area (Å²) in [5, 5.41) is 11.2. The number of aliphatic carboxylic acids is 1. The zero-order valence-electron chi connectivity index (χ0n) is 10.5. The number of nitrogens with two attached hydrogens (primary N) is 1. The highest BCUT2D eigenvalue weighted by molar-refractivity contribution is 6.00. The number of carboxylic acid groups (broad SMARTS) is 1. The van der Waals surface area contributed by atoms with Gasteiger partial charge in [0.05, 0.1) is 0 Å². The fourth-order valence-corrected chi connectivity index (χ4v) is 1.52. The maximum atomic E-state index is 11.4. The highest BCUT2D eigenvalue weighted by atomic mass is 16.4. The highest BCUT2D eigenvalue weighted by Crippen LogP contribution is 2.21. The Balaban J connectivity index is 2.63. The average molecular weight is 250 g/mol. The number of benzene rings is 1. The van der Waals surface area contributed by atoms with Crippen molar-refractivity contribution < 1.29 is 14.7 Å². The minimum absolute atomic E-state index is 0.283. The van der Waals surface area contributed by atoms with Crippen LogP contribution >= 0.6 is 0 Å². The van der Waals surface area contributed by atoms with E-state index < -0.39 is 17.9 Å². The molecule has 4 N–H and O–H groups in total. The van der Waals surface area contributed by atoms with Crippen LogP contribution in [0.1, 0.15) is 19.4 Å². The van der Waals surface area contributed by atoms with Crippen LogP contribution in [-0.4, -0.2) is 29.6 Å². The molecule has 0 fully saturated rings. The van der Waals surface area contributed by atoms with Crippen LogP contribution in [0.15, 0.2) is 30.3 Å². The topological polar surface area (TPSA) is 92.4 Å². The van der Waals surface area contributed by atoms with Crippen LogP contribution in [-0.2, 0) is 15.0 Å². The number of hydrogen-bond acceptors (Lipinski definition) is 3.